The molecule has 0 unspecified atom stereocenters. The van der Waals surface area contributed by atoms with Crippen LogP contribution >= 0.6 is 0 Å². The smallest absolute Gasteiger partial charge is 0.229 e. The lowest BCUT2D eigenvalue weighted by atomic mass is 10.1. The van der Waals surface area contributed by atoms with Crippen LogP contribution < -0.4 is 5.32 Å². The quantitative estimate of drug-likeness (QED) is 0.186. The first kappa shape index (κ1) is 23.2. The predicted octanol–water partition coefficient (Wildman–Crippen LogP) is 6.99. The minimum absolute atomic E-state index is 0.131. The van der Waals surface area contributed by atoms with Crippen molar-refractivity contribution in [1.82, 2.24) is 23.8 Å². The van der Waals surface area contributed by atoms with Crippen LogP contribution in [0.1, 0.15) is 5.56 Å². The number of aliphatic imine (C=N–C) groups is 1. The molecule has 0 bridgehead atoms. The van der Waals surface area contributed by atoms with Gasteiger partial charge >= 0.3 is 0 Å². The molecule has 3 heterocycles. The molecule has 196 valence electrons. The summed E-state index contributed by atoms with van der Waals surface area (Å²) in [5, 5.41) is 14.4. The Labute approximate surface area is 235 Å². The van der Waals surface area contributed by atoms with Gasteiger partial charge in [0.1, 0.15) is 5.84 Å². The van der Waals surface area contributed by atoms with Crippen molar-refractivity contribution in [3.63, 3.8) is 0 Å². The third-order valence-electron chi connectivity index (χ3n) is 7.72. The molecule has 0 fully saturated rings. The summed E-state index contributed by atoms with van der Waals surface area (Å²) < 4.78 is 6.36. The predicted molar refractivity (Wildman–Crippen MR) is 168 cm³/mol. The second kappa shape index (κ2) is 8.93. The Balaban J connectivity index is 1.43. The standard InChI is InChI=1S/C34H25N7/c1-36-32(22-12-4-2-5-13-22)38-33(35)40-27-17-9-8-16-24(27)25-20-31-26(21-30(25)40)37-34-39(23-14-6-3-7-15-23)28-18-10-11-19-29(28)41(31)34/h2-21H,1H3,(H2,35,36,38). The molecular formula is C34H25N7. The number of amidine groups is 1. The Bertz CT molecular complexity index is 2300. The second-order valence-electron chi connectivity index (χ2n) is 10.0. The first-order valence-electron chi connectivity index (χ1n) is 13.5. The molecule has 0 saturated heterocycles. The molecule has 0 saturated carbocycles. The van der Waals surface area contributed by atoms with E-state index in [0.29, 0.717) is 5.84 Å². The molecule has 0 atom stereocenters. The zero-order valence-electron chi connectivity index (χ0n) is 22.3. The van der Waals surface area contributed by atoms with E-state index in [1.165, 1.54) is 0 Å². The van der Waals surface area contributed by atoms with E-state index >= 15 is 0 Å². The van der Waals surface area contributed by atoms with Gasteiger partial charge in [-0.25, -0.2) is 4.98 Å². The van der Waals surface area contributed by atoms with Crippen molar-refractivity contribution >= 4 is 61.4 Å². The lowest BCUT2D eigenvalue weighted by molar-refractivity contribution is 1.11. The summed E-state index contributed by atoms with van der Waals surface area (Å²) in [6.07, 6.45) is 0. The minimum Gasteiger partial charge on any atom is -0.373 e. The number of para-hydroxylation sites is 4. The van der Waals surface area contributed by atoms with E-state index in [9.17, 15) is 0 Å². The van der Waals surface area contributed by atoms with Gasteiger partial charge in [0, 0.05) is 29.1 Å². The topological polar surface area (TPSA) is 75.4 Å². The summed E-state index contributed by atoms with van der Waals surface area (Å²) in [4.78, 5) is 9.91. The normalized spacial score (nSPS) is 12.3. The van der Waals surface area contributed by atoms with E-state index < -0.39 is 0 Å². The molecule has 7 heteroatoms. The van der Waals surface area contributed by atoms with Gasteiger partial charge in [0.2, 0.25) is 11.7 Å². The molecule has 8 rings (SSSR count). The minimum atomic E-state index is 0.131. The maximum Gasteiger partial charge on any atom is 0.229 e. The van der Waals surface area contributed by atoms with Crippen LogP contribution in [0.2, 0.25) is 0 Å². The average Bonchev–Trinajstić information content (AvgIpc) is 3.65. The van der Waals surface area contributed by atoms with E-state index in [1.807, 2.05) is 78.3 Å². The summed E-state index contributed by atoms with van der Waals surface area (Å²) in [5.41, 5.74) is 7.89. The summed E-state index contributed by atoms with van der Waals surface area (Å²) >= 11 is 0. The fourth-order valence-corrected chi connectivity index (χ4v) is 5.94. The number of fused-ring (bicyclic) bond motifs is 8. The van der Waals surface area contributed by atoms with Crippen LogP contribution in [0, 0.1) is 5.41 Å². The van der Waals surface area contributed by atoms with Crippen LogP contribution in [-0.2, 0) is 0 Å². The Morgan fingerprint density at radius 3 is 2.10 bits per heavy atom. The highest BCUT2D eigenvalue weighted by Crippen LogP contribution is 2.35. The number of imidazole rings is 2. The molecule has 0 spiro atoms. The van der Waals surface area contributed by atoms with Crippen molar-refractivity contribution in [2.75, 3.05) is 7.05 Å². The fourth-order valence-electron chi connectivity index (χ4n) is 5.94. The monoisotopic (exact) mass is 531 g/mol. The molecule has 7 nitrogen and oxygen atoms in total. The number of hydrogen-bond donors (Lipinski definition) is 2. The van der Waals surface area contributed by atoms with Crippen LogP contribution in [0.25, 0.3) is 55.3 Å². The third-order valence-corrected chi connectivity index (χ3v) is 7.72. The second-order valence-corrected chi connectivity index (χ2v) is 10.0. The number of aromatic nitrogens is 4. The van der Waals surface area contributed by atoms with E-state index in [2.05, 4.69) is 68.9 Å². The van der Waals surface area contributed by atoms with Gasteiger partial charge in [-0.15, -0.1) is 0 Å². The van der Waals surface area contributed by atoms with E-state index in [-0.39, 0.29) is 5.96 Å². The zero-order chi connectivity index (χ0) is 27.5. The van der Waals surface area contributed by atoms with E-state index in [1.54, 1.807) is 0 Å². The van der Waals surface area contributed by atoms with Gasteiger partial charge in [0.05, 0.1) is 33.1 Å². The molecule has 3 aromatic heterocycles. The molecule has 0 aliphatic heterocycles. The Morgan fingerprint density at radius 2 is 1.34 bits per heavy atom. The first-order chi connectivity index (χ1) is 20.2. The van der Waals surface area contributed by atoms with Gasteiger partial charge < -0.3 is 5.32 Å². The third kappa shape index (κ3) is 3.42. The molecule has 8 aromatic rings. The van der Waals surface area contributed by atoms with Gasteiger partial charge in [0.25, 0.3) is 0 Å². The lowest BCUT2D eigenvalue weighted by Crippen LogP contribution is -2.22. The van der Waals surface area contributed by atoms with Gasteiger partial charge in [-0.2, -0.15) is 4.99 Å². The van der Waals surface area contributed by atoms with Gasteiger partial charge in [0.15, 0.2) is 0 Å². The van der Waals surface area contributed by atoms with Crippen molar-refractivity contribution in [1.29, 1.82) is 5.41 Å². The number of nitrogens with zero attached hydrogens (tertiary/aromatic N) is 5. The Hall–Kier alpha value is -5.69. The van der Waals surface area contributed by atoms with Gasteiger partial charge in [-0.3, -0.25) is 18.9 Å². The largest absolute Gasteiger partial charge is 0.373 e. The zero-order valence-corrected chi connectivity index (χ0v) is 22.3. The van der Waals surface area contributed by atoms with Gasteiger partial charge in [-0.1, -0.05) is 78.9 Å². The van der Waals surface area contributed by atoms with Crippen molar-refractivity contribution in [2.24, 2.45) is 4.99 Å². The maximum absolute atomic E-state index is 9.14. The molecule has 0 aliphatic rings. The number of rotatable bonds is 2. The molecule has 0 amide bonds. The number of hydrogen-bond acceptors (Lipinski definition) is 2. The van der Waals surface area contributed by atoms with Crippen LogP contribution in [0.3, 0.4) is 0 Å². The summed E-state index contributed by atoms with van der Waals surface area (Å²) in [7, 11) is 1.83. The molecule has 41 heavy (non-hydrogen) atoms. The summed E-state index contributed by atoms with van der Waals surface area (Å²) in [6, 6.07) is 41.1. The highest BCUT2D eigenvalue weighted by molar-refractivity contribution is 6.18. The van der Waals surface area contributed by atoms with Gasteiger partial charge in [-0.05, 0) is 42.5 Å². The molecule has 0 radical (unpaired) electrons. The summed E-state index contributed by atoms with van der Waals surface area (Å²) in [6.45, 7) is 0. The van der Waals surface area contributed by atoms with Crippen molar-refractivity contribution in [3.05, 3.63) is 127 Å². The Kier molecular flexibility index (Phi) is 5.05. The highest BCUT2D eigenvalue weighted by Gasteiger charge is 2.21. The SMILES string of the molecule is CN/C(=N\C(=N)n1c2ccccc2c2cc3c(cc21)nc1n(-c2ccccc2)c2ccccc2n31)c1ccccc1. The van der Waals surface area contributed by atoms with E-state index in [0.717, 1.165) is 60.9 Å². The fraction of sp³-hybridized carbons (Fsp3) is 0.0294. The van der Waals surface area contributed by atoms with Crippen LogP contribution in [0.15, 0.2) is 126 Å². The lowest BCUT2D eigenvalue weighted by Gasteiger charge is -2.09. The molecule has 0 aliphatic carbocycles. The molecule has 2 N–H and O–H groups in total. The van der Waals surface area contributed by atoms with Crippen LogP contribution in [0.4, 0.5) is 0 Å². The van der Waals surface area contributed by atoms with Crippen LogP contribution in [-0.4, -0.2) is 37.4 Å². The molecular weight excluding hydrogens is 506 g/mol. The van der Waals surface area contributed by atoms with Crippen molar-refractivity contribution in [3.8, 4) is 5.69 Å². The van der Waals surface area contributed by atoms with Crippen LogP contribution in [0.5, 0.6) is 0 Å². The Morgan fingerprint density at radius 1 is 0.683 bits per heavy atom. The van der Waals surface area contributed by atoms with E-state index in [4.69, 9.17) is 15.4 Å². The number of benzene rings is 5. The highest BCUT2D eigenvalue weighted by atomic mass is 15.2. The maximum atomic E-state index is 9.14. The van der Waals surface area contributed by atoms with Crippen molar-refractivity contribution < 1.29 is 0 Å². The van der Waals surface area contributed by atoms with Crippen molar-refractivity contribution in [2.45, 2.75) is 0 Å². The first-order valence-corrected chi connectivity index (χ1v) is 13.5. The average molecular weight is 532 g/mol. The summed E-state index contributed by atoms with van der Waals surface area (Å²) in [5.74, 6) is 1.62. The number of nitrogens with one attached hydrogen (secondary N) is 2. The molecule has 5 aromatic carbocycles.